The SMILES string of the molecule is O=C(Nc1ccccc1Sc1ncnc2sc3c(c12)CCCC3)c1cc2ccccc2oc1=O. The van der Waals surface area contributed by atoms with Crippen LogP contribution in [0.25, 0.3) is 21.2 Å². The third-order valence-electron chi connectivity index (χ3n) is 5.94. The molecular formula is C26H19N3O3S2. The fraction of sp³-hybridized carbons (Fsp3) is 0.154. The molecule has 2 aromatic carbocycles. The van der Waals surface area contributed by atoms with Crippen molar-refractivity contribution in [3.05, 3.63) is 87.3 Å². The number of nitrogens with one attached hydrogen (secondary N) is 1. The minimum atomic E-state index is -0.663. The maximum Gasteiger partial charge on any atom is 0.349 e. The Morgan fingerprint density at radius 3 is 2.79 bits per heavy atom. The lowest BCUT2D eigenvalue weighted by molar-refractivity contribution is 0.102. The minimum Gasteiger partial charge on any atom is -0.422 e. The second-order valence-corrected chi connectivity index (χ2v) is 10.2. The maximum absolute atomic E-state index is 13.0. The van der Waals surface area contributed by atoms with Crippen LogP contribution in [-0.2, 0) is 12.8 Å². The molecule has 0 fully saturated rings. The predicted octanol–water partition coefficient (Wildman–Crippen LogP) is 6.08. The Labute approximate surface area is 203 Å². The van der Waals surface area contributed by atoms with Crippen molar-refractivity contribution in [2.45, 2.75) is 35.6 Å². The number of aromatic nitrogens is 2. The molecule has 0 saturated heterocycles. The van der Waals surface area contributed by atoms with E-state index in [-0.39, 0.29) is 5.56 Å². The fourth-order valence-electron chi connectivity index (χ4n) is 4.31. The van der Waals surface area contributed by atoms with E-state index in [9.17, 15) is 9.59 Å². The van der Waals surface area contributed by atoms with Gasteiger partial charge in [-0.1, -0.05) is 42.1 Å². The molecule has 8 heteroatoms. The highest BCUT2D eigenvalue weighted by Gasteiger charge is 2.21. The van der Waals surface area contributed by atoms with Crippen LogP contribution in [-0.4, -0.2) is 15.9 Å². The van der Waals surface area contributed by atoms with Crippen molar-refractivity contribution < 1.29 is 9.21 Å². The summed E-state index contributed by atoms with van der Waals surface area (Å²) < 4.78 is 5.33. The van der Waals surface area contributed by atoms with Crippen molar-refractivity contribution in [1.29, 1.82) is 0 Å². The van der Waals surface area contributed by atoms with Gasteiger partial charge < -0.3 is 9.73 Å². The zero-order valence-corrected chi connectivity index (χ0v) is 19.7. The average Bonchev–Trinajstić information content (AvgIpc) is 3.24. The summed E-state index contributed by atoms with van der Waals surface area (Å²) in [5.41, 5.74) is 1.73. The number of hydrogen-bond acceptors (Lipinski definition) is 7. The van der Waals surface area contributed by atoms with Crippen molar-refractivity contribution in [3.8, 4) is 0 Å². The van der Waals surface area contributed by atoms with Gasteiger partial charge in [-0.3, -0.25) is 4.79 Å². The number of aryl methyl sites for hydroxylation is 2. The standard InChI is InChI=1S/C26H19N3O3S2/c30-23(17-13-15-7-1-4-10-19(15)32-26(17)31)29-18-9-3-6-12-21(18)34-25-22-16-8-2-5-11-20(16)33-24(22)27-14-28-25/h1,3-4,6-7,9-10,12-14H,2,5,8,11H2,(H,29,30). The van der Waals surface area contributed by atoms with E-state index >= 15 is 0 Å². The molecule has 1 N–H and O–H groups in total. The van der Waals surface area contributed by atoms with E-state index in [0.717, 1.165) is 33.0 Å². The molecule has 0 spiro atoms. The first-order valence-electron chi connectivity index (χ1n) is 11.0. The molecule has 5 aromatic rings. The molecule has 3 aromatic heterocycles. The van der Waals surface area contributed by atoms with E-state index in [1.54, 1.807) is 41.9 Å². The van der Waals surface area contributed by atoms with Gasteiger partial charge in [0.15, 0.2) is 0 Å². The minimum absolute atomic E-state index is 0.0326. The third kappa shape index (κ3) is 3.78. The first-order valence-corrected chi connectivity index (χ1v) is 12.7. The number of anilines is 1. The highest BCUT2D eigenvalue weighted by atomic mass is 32.2. The van der Waals surface area contributed by atoms with Gasteiger partial charge in [0.1, 0.15) is 27.3 Å². The maximum atomic E-state index is 13.0. The number of hydrogen-bond donors (Lipinski definition) is 1. The summed E-state index contributed by atoms with van der Waals surface area (Å²) in [4.78, 5) is 37.9. The molecule has 0 radical (unpaired) electrons. The quantitative estimate of drug-likeness (QED) is 0.245. The summed E-state index contributed by atoms with van der Waals surface area (Å²) in [6.07, 6.45) is 6.15. The molecule has 1 amide bonds. The molecule has 1 aliphatic carbocycles. The average molecular weight is 486 g/mol. The van der Waals surface area contributed by atoms with Crippen LogP contribution in [0.15, 0.2) is 80.1 Å². The van der Waals surface area contributed by atoms with E-state index in [4.69, 9.17) is 4.42 Å². The van der Waals surface area contributed by atoms with Crippen molar-refractivity contribution in [1.82, 2.24) is 9.97 Å². The normalized spacial score (nSPS) is 13.2. The van der Waals surface area contributed by atoms with Gasteiger partial charge in [-0.25, -0.2) is 14.8 Å². The van der Waals surface area contributed by atoms with E-state index in [1.165, 1.54) is 35.0 Å². The first-order chi connectivity index (χ1) is 16.7. The largest absolute Gasteiger partial charge is 0.422 e. The van der Waals surface area contributed by atoms with Crippen LogP contribution in [0.1, 0.15) is 33.6 Å². The zero-order valence-electron chi connectivity index (χ0n) is 18.0. The van der Waals surface area contributed by atoms with Crippen molar-refractivity contribution >= 4 is 55.9 Å². The third-order valence-corrected chi connectivity index (χ3v) is 8.22. The molecule has 3 heterocycles. The number of carbonyl (C=O) groups excluding carboxylic acids is 1. The summed E-state index contributed by atoms with van der Waals surface area (Å²) in [6, 6.07) is 16.2. The molecule has 0 atom stereocenters. The van der Waals surface area contributed by atoms with Crippen molar-refractivity contribution in [3.63, 3.8) is 0 Å². The Hall–Kier alpha value is -3.49. The highest BCUT2D eigenvalue weighted by molar-refractivity contribution is 7.99. The van der Waals surface area contributed by atoms with Crippen molar-refractivity contribution in [2.75, 3.05) is 5.32 Å². The van der Waals surface area contributed by atoms with Crippen LogP contribution < -0.4 is 10.9 Å². The molecule has 6 rings (SSSR count). The number of nitrogens with zero attached hydrogens (tertiary/aromatic N) is 2. The number of rotatable bonds is 4. The van der Waals surface area contributed by atoms with E-state index < -0.39 is 11.5 Å². The number of fused-ring (bicyclic) bond motifs is 4. The van der Waals surface area contributed by atoms with E-state index in [0.29, 0.717) is 16.7 Å². The van der Waals surface area contributed by atoms with Gasteiger partial charge in [-0.15, -0.1) is 11.3 Å². The Morgan fingerprint density at radius 2 is 1.85 bits per heavy atom. The Bertz CT molecular complexity index is 1620. The number of para-hydroxylation sites is 2. The number of amides is 1. The van der Waals surface area contributed by atoms with Gasteiger partial charge in [0, 0.05) is 20.5 Å². The van der Waals surface area contributed by atoms with Crippen LogP contribution >= 0.6 is 23.1 Å². The van der Waals surface area contributed by atoms with Crippen molar-refractivity contribution in [2.24, 2.45) is 0 Å². The van der Waals surface area contributed by atoms with Gasteiger partial charge in [0.2, 0.25) is 0 Å². The molecule has 0 saturated carbocycles. The molecule has 0 unspecified atom stereocenters. The fourth-order valence-corrected chi connectivity index (χ4v) is 6.61. The van der Waals surface area contributed by atoms with Gasteiger partial charge in [-0.05, 0) is 55.5 Å². The second kappa shape index (κ2) is 8.70. The summed E-state index contributed by atoms with van der Waals surface area (Å²) in [5, 5.41) is 5.60. The molecule has 34 heavy (non-hydrogen) atoms. The second-order valence-electron chi connectivity index (χ2n) is 8.11. The number of thiophene rings is 1. The lowest BCUT2D eigenvalue weighted by atomic mass is 9.97. The van der Waals surface area contributed by atoms with Crippen LogP contribution in [0.3, 0.4) is 0 Å². The number of benzene rings is 2. The van der Waals surface area contributed by atoms with Gasteiger partial charge in [-0.2, -0.15) is 0 Å². The van der Waals surface area contributed by atoms with Gasteiger partial charge in [0.25, 0.3) is 5.91 Å². The molecule has 1 aliphatic rings. The Kier molecular flexibility index (Phi) is 5.39. The molecule has 0 aliphatic heterocycles. The summed E-state index contributed by atoms with van der Waals surface area (Å²) in [5.74, 6) is -0.506. The summed E-state index contributed by atoms with van der Waals surface area (Å²) in [7, 11) is 0. The molecule has 168 valence electrons. The highest BCUT2D eigenvalue weighted by Crippen LogP contribution is 2.42. The lowest BCUT2D eigenvalue weighted by Crippen LogP contribution is -2.20. The zero-order chi connectivity index (χ0) is 23.1. The number of carbonyl (C=O) groups is 1. The van der Waals surface area contributed by atoms with Gasteiger partial charge in [0.05, 0.1) is 5.69 Å². The van der Waals surface area contributed by atoms with E-state index in [2.05, 4.69) is 15.3 Å². The molecular weight excluding hydrogens is 466 g/mol. The topological polar surface area (TPSA) is 85.1 Å². The summed E-state index contributed by atoms with van der Waals surface area (Å²) >= 11 is 3.26. The predicted molar refractivity (Wildman–Crippen MR) is 135 cm³/mol. The summed E-state index contributed by atoms with van der Waals surface area (Å²) in [6.45, 7) is 0. The van der Waals surface area contributed by atoms with Crippen LogP contribution in [0, 0.1) is 0 Å². The smallest absolute Gasteiger partial charge is 0.349 e. The Morgan fingerprint density at radius 1 is 1.03 bits per heavy atom. The van der Waals surface area contributed by atoms with Crippen LogP contribution in [0.4, 0.5) is 5.69 Å². The lowest BCUT2D eigenvalue weighted by Gasteiger charge is -2.13. The van der Waals surface area contributed by atoms with Crippen LogP contribution in [0.5, 0.6) is 0 Å². The Balaban J connectivity index is 1.34. The van der Waals surface area contributed by atoms with Gasteiger partial charge >= 0.3 is 5.63 Å². The van der Waals surface area contributed by atoms with Crippen LogP contribution in [0.2, 0.25) is 0 Å². The van der Waals surface area contributed by atoms with E-state index in [1.807, 2.05) is 30.3 Å². The first kappa shape index (κ1) is 21.1. The monoisotopic (exact) mass is 485 g/mol. The molecule has 0 bridgehead atoms. The molecule has 6 nitrogen and oxygen atoms in total.